The van der Waals surface area contributed by atoms with Gasteiger partial charge in [-0.1, -0.05) is 19.3 Å². The molecule has 24 heavy (non-hydrogen) atoms. The summed E-state index contributed by atoms with van der Waals surface area (Å²) >= 11 is 0. The Bertz CT molecular complexity index is 411. The van der Waals surface area contributed by atoms with E-state index in [1.54, 1.807) is 0 Å². The molecule has 2 aliphatic carbocycles. The molecular formula is C17H33ClN4O2. The number of hydrogen-bond acceptors (Lipinski definition) is 3. The first-order valence-electron chi connectivity index (χ1n) is 9.09. The van der Waals surface area contributed by atoms with Crippen molar-refractivity contribution in [3.63, 3.8) is 0 Å². The maximum absolute atomic E-state index is 12.0. The lowest BCUT2D eigenvalue weighted by Crippen LogP contribution is -2.53. The summed E-state index contributed by atoms with van der Waals surface area (Å²) < 4.78 is 0. The van der Waals surface area contributed by atoms with Crippen LogP contribution in [-0.2, 0) is 4.79 Å². The van der Waals surface area contributed by atoms with Crippen LogP contribution in [0.4, 0.5) is 4.79 Å². The van der Waals surface area contributed by atoms with Gasteiger partial charge in [-0.05, 0) is 44.9 Å². The minimum atomic E-state index is -0.261. The lowest BCUT2D eigenvalue weighted by molar-refractivity contribution is -0.123. The number of urea groups is 1. The molecule has 2 saturated carbocycles. The van der Waals surface area contributed by atoms with E-state index < -0.39 is 0 Å². The average Bonchev–Trinajstić information content (AvgIpc) is 3.38. The van der Waals surface area contributed by atoms with Crippen molar-refractivity contribution in [3.05, 3.63) is 0 Å². The summed E-state index contributed by atoms with van der Waals surface area (Å²) in [7, 11) is 0. The van der Waals surface area contributed by atoms with Crippen LogP contribution in [0.15, 0.2) is 0 Å². The second-order valence-electron chi connectivity index (χ2n) is 7.28. The van der Waals surface area contributed by atoms with Gasteiger partial charge in [-0.3, -0.25) is 4.79 Å². The quantitative estimate of drug-likeness (QED) is 0.499. The van der Waals surface area contributed by atoms with E-state index in [9.17, 15) is 9.59 Å². The number of carbonyl (C=O) groups is 2. The van der Waals surface area contributed by atoms with Crippen LogP contribution in [0.3, 0.4) is 0 Å². The zero-order valence-electron chi connectivity index (χ0n) is 14.7. The Labute approximate surface area is 151 Å². The van der Waals surface area contributed by atoms with Crippen LogP contribution < -0.4 is 21.7 Å². The largest absolute Gasteiger partial charge is 0.349 e. The second-order valence-corrected chi connectivity index (χ2v) is 7.28. The molecule has 0 radical (unpaired) electrons. The van der Waals surface area contributed by atoms with Gasteiger partial charge < -0.3 is 21.7 Å². The Morgan fingerprint density at radius 3 is 2.38 bits per heavy atom. The highest BCUT2D eigenvalue weighted by molar-refractivity contribution is 5.85. The number of nitrogens with two attached hydrogens (primary N) is 1. The highest BCUT2D eigenvalue weighted by Gasteiger charge is 2.41. The summed E-state index contributed by atoms with van der Waals surface area (Å²) in [5, 5.41) is 8.92. The van der Waals surface area contributed by atoms with Gasteiger partial charge in [0, 0.05) is 25.6 Å². The Morgan fingerprint density at radius 2 is 1.79 bits per heavy atom. The molecule has 0 spiro atoms. The Kier molecular flexibility index (Phi) is 8.84. The van der Waals surface area contributed by atoms with Crippen molar-refractivity contribution in [2.24, 2.45) is 11.7 Å². The van der Waals surface area contributed by atoms with Gasteiger partial charge in [0.15, 0.2) is 0 Å². The van der Waals surface area contributed by atoms with E-state index in [-0.39, 0.29) is 29.9 Å². The Morgan fingerprint density at radius 1 is 1.12 bits per heavy atom. The molecule has 140 valence electrons. The fourth-order valence-corrected chi connectivity index (χ4v) is 3.36. The highest BCUT2D eigenvalue weighted by Crippen LogP contribution is 2.38. The van der Waals surface area contributed by atoms with Gasteiger partial charge in [-0.2, -0.15) is 0 Å². The minimum Gasteiger partial charge on any atom is -0.349 e. The second kappa shape index (κ2) is 10.1. The van der Waals surface area contributed by atoms with E-state index in [2.05, 4.69) is 16.0 Å². The molecular weight excluding hydrogens is 328 g/mol. The SMILES string of the molecule is CC(CN)(NC(=O)CCCNC(=O)NC1CCCCC1)C1CC1.Cl. The molecule has 1 unspecified atom stereocenters. The van der Waals surface area contributed by atoms with Gasteiger partial charge in [0.1, 0.15) is 0 Å². The summed E-state index contributed by atoms with van der Waals surface area (Å²) in [5.41, 5.74) is 5.54. The standard InChI is InChI=1S/C17H32N4O2.ClH/c1-17(12-18,13-9-10-13)21-15(22)8-5-11-19-16(23)20-14-6-3-2-4-7-14;/h13-14H,2-12,18H2,1H3,(H,21,22)(H2,19,20,23);1H. The molecule has 2 aliphatic rings. The third kappa shape index (κ3) is 6.85. The average molecular weight is 361 g/mol. The van der Waals surface area contributed by atoms with Crippen molar-refractivity contribution in [1.82, 2.24) is 16.0 Å². The number of amides is 3. The zero-order chi connectivity index (χ0) is 16.7. The molecule has 3 amide bonds. The molecule has 2 rings (SSSR count). The monoisotopic (exact) mass is 360 g/mol. The summed E-state index contributed by atoms with van der Waals surface area (Å²) in [6.07, 6.45) is 9.20. The van der Waals surface area contributed by atoms with E-state index in [0.29, 0.717) is 37.9 Å². The molecule has 0 bridgehead atoms. The van der Waals surface area contributed by atoms with Crippen molar-refractivity contribution < 1.29 is 9.59 Å². The number of carbonyl (C=O) groups excluding carboxylic acids is 2. The van der Waals surface area contributed by atoms with E-state index >= 15 is 0 Å². The topological polar surface area (TPSA) is 96.2 Å². The molecule has 0 aromatic carbocycles. The molecule has 0 heterocycles. The molecule has 6 nitrogen and oxygen atoms in total. The number of halogens is 1. The van der Waals surface area contributed by atoms with E-state index in [1.807, 2.05) is 6.92 Å². The number of nitrogens with one attached hydrogen (secondary N) is 3. The summed E-state index contributed by atoms with van der Waals surface area (Å²) in [5.74, 6) is 0.551. The van der Waals surface area contributed by atoms with E-state index in [1.165, 1.54) is 19.3 Å². The van der Waals surface area contributed by atoms with Crippen molar-refractivity contribution in [3.8, 4) is 0 Å². The zero-order valence-corrected chi connectivity index (χ0v) is 15.6. The molecule has 0 aromatic heterocycles. The first-order chi connectivity index (χ1) is 11.0. The third-order valence-corrected chi connectivity index (χ3v) is 5.13. The van der Waals surface area contributed by atoms with Crippen LogP contribution in [0.25, 0.3) is 0 Å². The molecule has 0 saturated heterocycles. The lowest BCUT2D eigenvalue weighted by atomic mass is 9.95. The first-order valence-corrected chi connectivity index (χ1v) is 9.09. The maximum Gasteiger partial charge on any atom is 0.315 e. The van der Waals surface area contributed by atoms with Crippen LogP contribution in [0.5, 0.6) is 0 Å². The van der Waals surface area contributed by atoms with Crippen LogP contribution in [0.2, 0.25) is 0 Å². The fraction of sp³-hybridized carbons (Fsp3) is 0.882. The van der Waals surface area contributed by atoms with Crippen molar-refractivity contribution in [2.75, 3.05) is 13.1 Å². The molecule has 0 aliphatic heterocycles. The van der Waals surface area contributed by atoms with Crippen molar-refractivity contribution >= 4 is 24.3 Å². The number of hydrogen-bond donors (Lipinski definition) is 4. The van der Waals surface area contributed by atoms with Gasteiger partial charge in [-0.15, -0.1) is 12.4 Å². The first kappa shape index (κ1) is 21.0. The van der Waals surface area contributed by atoms with Crippen LogP contribution in [-0.4, -0.2) is 36.6 Å². The Hall–Kier alpha value is -1.01. The predicted octanol–water partition coefficient (Wildman–Crippen LogP) is 2.06. The molecule has 0 aromatic rings. The molecule has 1 atom stereocenters. The summed E-state index contributed by atoms with van der Waals surface area (Å²) in [4.78, 5) is 23.8. The molecule has 5 N–H and O–H groups in total. The predicted molar refractivity (Wildman–Crippen MR) is 98.2 cm³/mol. The number of rotatable bonds is 8. The van der Waals surface area contributed by atoms with Crippen LogP contribution >= 0.6 is 12.4 Å². The Balaban J connectivity index is 0.00000288. The van der Waals surface area contributed by atoms with Crippen LogP contribution in [0.1, 0.15) is 64.7 Å². The van der Waals surface area contributed by atoms with Gasteiger partial charge >= 0.3 is 6.03 Å². The van der Waals surface area contributed by atoms with Gasteiger partial charge in [0.05, 0.1) is 5.54 Å². The summed E-state index contributed by atoms with van der Waals surface area (Å²) in [6, 6.07) is 0.206. The maximum atomic E-state index is 12.0. The third-order valence-electron chi connectivity index (χ3n) is 5.13. The van der Waals surface area contributed by atoms with Crippen molar-refractivity contribution in [2.45, 2.75) is 76.3 Å². The van der Waals surface area contributed by atoms with E-state index in [4.69, 9.17) is 5.73 Å². The minimum absolute atomic E-state index is 0. The molecule has 2 fully saturated rings. The fourth-order valence-electron chi connectivity index (χ4n) is 3.36. The molecule has 7 heteroatoms. The van der Waals surface area contributed by atoms with Gasteiger partial charge in [0.2, 0.25) is 5.91 Å². The van der Waals surface area contributed by atoms with E-state index in [0.717, 1.165) is 25.7 Å². The summed E-state index contributed by atoms with van der Waals surface area (Å²) in [6.45, 7) is 3.03. The normalized spacial score (nSPS) is 20.4. The smallest absolute Gasteiger partial charge is 0.315 e. The van der Waals surface area contributed by atoms with Gasteiger partial charge in [0.25, 0.3) is 0 Å². The van der Waals surface area contributed by atoms with Crippen molar-refractivity contribution in [1.29, 1.82) is 0 Å². The van der Waals surface area contributed by atoms with Gasteiger partial charge in [-0.25, -0.2) is 4.79 Å². The van der Waals surface area contributed by atoms with Crippen LogP contribution in [0, 0.1) is 5.92 Å². The highest BCUT2D eigenvalue weighted by atomic mass is 35.5. The lowest BCUT2D eigenvalue weighted by Gasteiger charge is -2.29.